The van der Waals surface area contributed by atoms with Crippen molar-refractivity contribution in [1.29, 1.82) is 5.26 Å². The van der Waals surface area contributed by atoms with Crippen LogP contribution < -0.4 is 0 Å². The van der Waals surface area contributed by atoms with Crippen molar-refractivity contribution in [2.24, 2.45) is 0 Å². The van der Waals surface area contributed by atoms with Gasteiger partial charge in [0.25, 0.3) is 0 Å². The Morgan fingerprint density at radius 3 is 2.76 bits per heavy atom. The molecule has 1 aromatic carbocycles. The van der Waals surface area contributed by atoms with Gasteiger partial charge in [0.1, 0.15) is 5.82 Å². The van der Waals surface area contributed by atoms with Gasteiger partial charge in [0.05, 0.1) is 11.5 Å². The van der Waals surface area contributed by atoms with Crippen molar-refractivity contribution in [3.05, 3.63) is 53.1 Å². The molecule has 0 bridgehead atoms. The Labute approximate surface area is 127 Å². The molecular formula is C18H23N3. The van der Waals surface area contributed by atoms with Gasteiger partial charge in [-0.25, -0.2) is 4.98 Å². The van der Waals surface area contributed by atoms with Gasteiger partial charge in [0.15, 0.2) is 0 Å². The van der Waals surface area contributed by atoms with Crippen LogP contribution in [0.4, 0.5) is 0 Å². The molecule has 0 fully saturated rings. The standard InChI is InChI=1S/C18H23N3/c1-4-5-9-18(13-19,12-17-20-10-11-21-17)16-8-6-7-14(2)15(16)3/h6-8,10-11H,4-5,9,12H2,1-3H3,(H,20,21). The number of unbranched alkanes of at least 4 members (excludes halogenated alkanes) is 1. The Morgan fingerprint density at radius 2 is 2.14 bits per heavy atom. The summed E-state index contributed by atoms with van der Waals surface area (Å²) in [4.78, 5) is 7.47. The minimum absolute atomic E-state index is 0.496. The second-order valence-corrected chi connectivity index (χ2v) is 5.76. The fourth-order valence-corrected chi connectivity index (χ4v) is 2.90. The molecule has 1 atom stereocenters. The summed E-state index contributed by atoms with van der Waals surface area (Å²) < 4.78 is 0. The van der Waals surface area contributed by atoms with E-state index in [4.69, 9.17) is 0 Å². The van der Waals surface area contributed by atoms with Crippen LogP contribution in [0.1, 0.15) is 48.7 Å². The number of hydrogen-bond acceptors (Lipinski definition) is 2. The Morgan fingerprint density at radius 1 is 1.33 bits per heavy atom. The molecule has 110 valence electrons. The first-order chi connectivity index (χ1) is 10.1. The summed E-state index contributed by atoms with van der Waals surface area (Å²) in [7, 11) is 0. The minimum atomic E-state index is -0.496. The zero-order chi connectivity index (χ0) is 15.3. The minimum Gasteiger partial charge on any atom is -0.349 e. The molecule has 0 saturated heterocycles. The van der Waals surface area contributed by atoms with Crippen molar-refractivity contribution in [1.82, 2.24) is 9.97 Å². The van der Waals surface area contributed by atoms with Crippen LogP contribution in [-0.4, -0.2) is 9.97 Å². The lowest BCUT2D eigenvalue weighted by atomic mass is 9.72. The Balaban J connectivity index is 2.48. The van der Waals surface area contributed by atoms with E-state index >= 15 is 0 Å². The van der Waals surface area contributed by atoms with Gasteiger partial charge in [-0.1, -0.05) is 38.0 Å². The molecule has 0 aliphatic heterocycles. The lowest BCUT2D eigenvalue weighted by Crippen LogP contribution is -2.29. The zero-order valence-electron chi connectivity index (χ0n) is 13.1. The molecule has 1 unspecified atom stereocenters. The molecule has 1 heterocycles. The molecular weight excluding hydrogens is 258 g/mol. The molecule has 0 spiro atoms. The van der Waals surface area contributed by atoms with Crippen LogP contribution in [-0.2, 0) is 11.8 Å². The van der Waals surface area contributed by atoms with Gasteiger partial charge in [-0.3, -0.25) is 0 Å². The number of aromatic amines is 1. The lowest BCUT2D eigenvalue weighted by molar-refractivity contribution is 0.465. The first-order valence-corrected chi connectivity index (χ1v) is 7.59. The molecule has 1 aromatic heterocycles. The van der Waals surface area contributed by atoms with Crippen molar-refractivity contribution >= 4 is 0 Å². The van der Waals surface area contributed by atoms with Crippen LogP contribution in [0.5, 0.6) is 0 Å². The van der Waals surface area contributed by atoms with E-state index in [1.807, 2.05) is 6.20 Å². The summed E-state index contributed by atoms with van der Waals surface area (Å²) in [6.07, 6.45) is 7.21. The molecule has 0 saturated carbocycles. The predicted molar refractivity (Wildman–Crippen MR) is 85.0 cm³/mol. The van der Waals surface area contributed by atoms with Gasteiger partial charge in [-0.2, -0.15) is 5.26 Å². The number of aromatic nitrogens is 2. The highest BCUT2D eigenvalue weighted by atomic mass is 14.9. The van der Waals surface area contributed by atoms with E-state index in [9.17, 15) is 5.26 Å². The Kier molecular flexibility index (Phi) is 4.80. The van der Waals surface area contributed by atoms with Crippen LogP contribution in [0, 0.1) is 25.2 Å². The van der Waals surface area contributed by atoms with Crippen LogP contribution in [0.25, 0.3) is 0 Å². The highest BCUT2D eigenvalue weighted by Crippen LogP contribution is 2.35. The predicted octanol–water partition coefficient (Wildman–Crippen LogP) is 4.22. The number of hydrogen-bond donors (Lipinski definition) is 1. The van der Waals surface area contributed by atoms with Crippen molar-refractivity contribution < 1.29 is 0 Å². The summed E-state index contributed by atoms with van der Waals surface area (Å²) in [6, 6.07) is 8.87. The van der Waals surface area contributed by atoms with Crippen LogP contribution >= 0.6 is 0 Å². The number of nitriles is 1. The largest absolute Gasteiger partial charge is 0.349 e. The number of aryl methyl sites for hydroxylation is 1. The SMILES string of the molecule is CCCCC(C#N)(Cc1ncc[nH]1)c1cccc(C)c1C. The first kappa shape index (κ1) is 15.3. The molecule has 2 aromatic rings. The summed E-state index contributed by atoms with van der Waals surface area (Å²) in [6.45, 7) is 6.39. The fourth-order valence-electron chi connectivity index (χ4n) is 2.90. The summed E-state index contributed by atoms with van der Waals surface area (Å²) in [5.41, 5.74) is 3.11. The van der Waals surface area contributed by atoms with Crippen molar-refractivity contribution in [2.75, 3.05) is 0 Å². The van der Waals surface area contributed by atoms with Gasteiger partial charge in [0, 0.05) is 18.8 Å². The topological polar surface area (TPSA) is 52.5 Å². The Bertz CT molecular complexity index is 622. The smallest absolute Gasteiger partial charge is 0.107 e. The van der Waals surface area contributed by atoms with Gasteiger partial charge in [-0.05, 0) is 37.0 Å². The second kappa shape index (κ2) is 6.58. The number of nitrogens with zero attached hydrogens (tertiary/aromatic N) is 2. The third-order valence-corrected chi connectivity index (χ3v) is 4.32. The highest BCUT2D eigenvalue weighted by Gasteiger charge is 2.34. The summed E-state index contributed by atoms with van der Waals surface area (Å²) in [5.74, 6) is 0.883. The lowest BCUT2D eigenvalue weighted by Gasteiger charge is -2.28. The van der Waals surface area contributed by atoms with E-state index in [0.717, 1.165) is 30.7 Å². The zero-order valence-corrected chi connectivity index (χ0v) is 13.1. The Hall–Kier alpha value is -2.08. The van der Waals surface area contributed by atoms with E-state index in [1.54, 1.807) is 6.20 Å². The molecule has 0 aliphatic rings. The quantitative estimate of drug-likeness (QED) is 0.861. The van der Waals surface area contributed by atoms with E-state index in [0.29, 0.717) is 6.42 Å². The number of benzene rings is 1. The third kappa shape index (κ3) is 3.16. The average Bonchev–Trinajstić information content (AvgIpc) is 2.99. The maximum atomic E-state index is 9.98. The second-order valence-electron chi connectivity index (χ2n) is 5.76. The van der Waals surface area contributed by atoms with Crippen molar-refractivity contribution in [3.63, 3.8) is 0 Å². The van der Waals surface area contributed by atoms with E-state index < -0.39 is 5.41 Å². The van der Waals surface area contributed by atoms with Crippen molar-refractivity contribution in [2.45, 2.75) is 51.9 Å². The number of nitrogens with one attached hydrogen (secondary N) is 1. The van der Waals surface area contributed by atoms with Gasteiger partial charge in [0.2, 0.25) is 0 Å². The van der Waals surface area contributed by atoms with E-state index in [1.165, 1.54) is 11.1 Å². The maximum absolute atomic E-state index is 9.98. The first-order valence-electron chi connectivity index (χ1n) is 7.59. The number of rotatable bonds is 6. The molecule has 0 aliphatic carbocycles. The number of imidazole rings is 1. The third-order valence-electron chi connectivity index (χ3n) is 4.32. The summed E-state index contributed by atoms with van der Waals surface area (Å²) >= 11 is 0. The molecule has 3 heteroatoms. The van der Waals surface area contributed by atoms with E-state index in [2.05, 4.69) is 55.0 Å². The maximum Gasteiger partial charge on any atom is 0.107 e. The molecule has 21 heavy (non-hydrogen) atoms. The molecule has 0 radical (unpaired) electrons. The molecule has 2 rings (SSSR count). The van der Waals surface area contributed by atoms with E-state index in [-0.39, 0.29) is 0 Å². The van der Waals surface area contributed by atoms with Gasteiger partial charge in [-0.15, -0.1) is 0 Å². The summed E-state index contributed by atoms with van der Waals surface area (Å²) in [5, 5.41) is 9.98. The highest BCUT2D eigenvalue weighted by molar-refractivity contribution is 5.43. The van der Waals surface area contributed by atoms with Gasteiger partial charge >= 0.3 is 0 Å². The molecule has 3 nitrogen and oxygen atoms in total. The van der Waals surface area contributed by atoms with Crippen LogP contribution in [0.15, 0.2) is 30.6 Å². The van der Waals surface area contributed by atoms with Crippen LogP contribution in [0.3, 0.4) is 0 Å². The van der Waals surface area contributed by atoms with Crippen LogP contribution in [0.2, 0.25) is 0 Å². The molecule has 1 N–H and O–H groups in total. The monoisotopic (exact) mass is 281 g/mol. The number of H-pyrrole nitrogens is 1. The average molecular weight is 281 g/mol. The fraction of sp³-hybridized carbons (Fsp3) is 0.444. The van der Waals surface area contributed by atoms with Crippen molar-refractivity contribution in [3.8, 4) is 6.07 Å². The normalized spacial score (nSPS) is 13.6. The molecule has 0 amide bonds. The van der Waals surface area contributed by atoms with Gasteiger partial charge < -0.3 is 4.98 Å².